The Morgan fingerprint density at radius 1 is 1.28 bits per heavy atom. The van der Waals surface area contributed by atoms with Crippen LogP contribution in [0.5, 0.6) is 0 Å². The lowest BCUT2D eigenvalue weighted by Crippen LogP contribution is -2.58. The molecule has 2 atom stereocenters. The number of hydrogen-bond donors (Lipinski definition) is 0. The highest BCUT2D eigenvalue weighted by atomic mass is 19.1. The zero-order valence-electron chi connectivity index (χ0n) is 21.4. The lowest BCUT2D eigenvalue weighted by atomic mass is 9.78. The Bertz CT molecular complexity index is 1060. The molecule has 5 rings (SSSR count). The van der Waals surface area contributed by atoms with Crippen molar-refractivity contribution < 1.29 is 18.7 Å². The molecule has 2 saturated heterocycles. The lowest BCUT2D eigenvalue weighted by Gasteiger charge is -2.48. The largest absolute Gasteiger partial charge is 0.450 e. The standard InChI is InChI=1S/C28H37FN4O3/c1-4-36-27(34)33-18-28(19-33)9-8-23(16-28)31-10-12-32(13-11-31)26-24(15-22(29)17-30-26)21-7-5-6-20(2)25(14-21)35-3/h5,7,14-15,17,23,25H,2,4,6,8-13,16,18-19H2,1,3H3/t23-,25?/m1/s1. The normalized spacial score (nSPS) is 26.1. The van der Waals surface area contributed by atoms with Gasteiger partial charge in [0.25, 0.3) is 0 Å². The molecule has 2 aliphatic heterocycles. The van der Waals surface area contributed by atoms with Crippen LogP contribution in [0, 0.1) is 11.2 Å². The Kier molecular flexibility index (Phi) is 7.17. The molecule has 1 aromatic rings. The van der Waals surface area contributed by atoms with Crippen molar-refractivity contribution >= 4 is 17.5 Å². The highest BCUT2D eigenvalue weighted by Gasteiger charge is 2.51. The number of aromatic nitrogens is 1. The molecule has 1 amide bonds. The summed E-state index contributed by atoms with van der Waals surface area (Å²) >= 11 is 0. The predicted octanol–water partition coefficient (Wildman–Crippen LogP) is 4.27. The van der Waals surface area contributed by atoms with E-state index in [0.29, 0.717) is 12.6 Å². The number of anilines is 1. The number of likely N-dealkylation sites (tertiary alicyclic amines) is 1. The lowest BCUT2D eigenvalue weighted by molar-refractivity contribution is -0.00294. The van der Waals surface area contributed by atoms with Crippen molar-refractivity contribution in [2.75, 3.05) is 57.9 Å². The zero-order chi connectivity index (χ0) is 25.3. The van der Waals surface area contributed by atoms with Crippen molar-refractivity contribution in [2.24, 2.45) is 5.41 Å². The Morgan fingerprint density at radius 3 is 2.78 bits per heavy atom. The molecule has 0 radical (unpaired) electrons. The van der Waals surface area contributed by atoms with Crippen LogP contribution < -0.4 is 4.90 Å². The van der Waals surface area contributed by atoms with Gasteiger partial charge in [-0.05, 0) is 55.9 Å². The van der Waals surface area contributed by atoms with E-state index in [-0.39, 0.29) is 23.4 Å². The number of pyridine rings is 1. The Labute approximate surface area is 213 Å². The zero-order valence-corrected chi connectivity index (χ0v) is 21.4. The smallest absolute Gasteiger partial charge is 0.409 e. The summed E-state index contributed by atoms with van der Waals surface area (Å²) in [5, 5.41) is 0. The minimum atomic E-state index is -0.340. The van der Waals surface area contributed by atoms with Crippen LogP contribution in [0.4, 0.5) is 15.0 Å². The number of methoxy groups -OCH3 is 1. The van der Waals surface area contributed by atoms with Crippen LogP contribution in [0.25, 0.3) is 5.57 Å². The Hall–Kier alpha value is -2.71. The fraction of sp³-hybridized carbons (Fsp3) is 0.571. The van der Waals surface area contributed by atoms with Crippen molar-refractivity contribution in [1.29, 1.82) is 0 Å². The monoisotopic (exact) mass is 496 g/mol. The average Bonchev–Trinajstić information content (AvgIpc) is 3.22. The third-order valence-corrected chi connectivity index (χ3v) is 8.19. The number of allylic oxidation sites excluding steroid dienone is 3. The molecule has 3 fully saturated rings. The van der Waals surface area contributed by atoms with Crippen molar-refractivity contribution in [3.63, 3.8) is 0 Å². The van der Waals surface area contributed by atoms with Crippen molar-refractivity contribution in [3.8, 4) is 0 Å². The molecule has 1 aromatic heterocycles. The Balaban J connectivity index is 1.23. The van der Waals surface area contributed by atoms with Gasteiger partial charge in [-0.3, -0.25) is 4.90 Å². The molecule has 0 aromatic carbocycles. The van der Waals surface area contributed by atoms with Gasteiger partial charge in [-0.2, -0.15) is 0 Å². The van der Waals surface area contributed by atoms with E-state index in [0.717, 1.165) is 74.6 Å². The summed E-state index contributed by atoms with van der Waals surface area (Å²) in [5.41, 5.74) is 2.96. The maximum absolute atomic E-state index is 14.3. The molecule has 0 N–H and O–H groups in total. The van der Waals surface area contributed by atoms with Gasteiger partial charge in [-0.15, -0.1) is 0 Å². The van der Waals surface area contributed by atoms with Crippen LogP contribution in [0.2, 0.25) is 0 Å². The number of halogens is 1. The van der Waals surface area contributed by atoms with Gasteiger partial charge in [-0.1, -0.05) is 18.7 Å². The van der Waals surface area contributed by atoms with Gasteiger partial charge in [0.2, 0.25) is 0 Å². The molecule has 4 aliphatic rings. The average molecular weight is 497 g/mol. The number of ether oxygens (including phenoxy) is 2. The van der Waals surface area contributed by atoms with Crippen LogP contribution in [-0.2, 0) is 9.47 Å². The number of piperazine rings is 1. The van der Waals surface area contributed by atoms with Gasteiger partial charge in [-0.25, -0.2) is 14.2 Å². The first-order valence-electron chi connectivity index (χ1n) is 13.1. The minimum Gasteiger partial charge on any atom is -0.450 e. The van der Waals surface area contributed by atoms with Gasteiger partial charge < -0.3 is 19.3 Å². The van der Waals surface area contributed by atoms with E-state index in [1.54, 1.807) is 13.2 Å². The molecular weight excluding hydrogens is 459 g/mol. The highest BCUT2D eigenvalue weighted by Crippen LogP contribution is 2.47. The Morgan fingerprint density at radius 2 is 2.06 bits per heavy atom. The first-order chi connectivity index (χ1) is 17.4. The summed E-state index contributed by atoms with van der Waals surface area (Å²) in [6.07, 6.45) is 11.2. The van der Waals surface area contributed by atoms with Crippen molar-refractivity contribution in [2.45, 2.75) is 44.8 Å². The summed E-state index contributed by atoms with van der Waals surface area (Å²) in [6.45, 7) is 11.6. The van der Waals surface area contributed by atoms with Crippen LogP contribution in [-0.4, -0.2) is 86.0 Å². The second-order valence-electron chi connectivity index (χ2n) is 10.5. The maximum Gasteiger partial charge on any atom is 0.409 e. The molecule has 194 valence electrons. The van der Waals surface area contributed by atoms with Crippen LogP contribution >= 0.6 is 0 Å². The van der Waals surface area contributed by atoms with E-state index >= 15 is 0 Å². The van der Waals surface area contributed by atoms with Crippen LogP contribution in [0.1, 0.15) is 38.2 Å². The fourth-order valence-corrected chi connectivity index (χ4v) is 6.28. The molecule has 1 saturated carbocycles. The molecule has 0 bridgehead atoms. The second-order valence-corrected chi connectivity index (χ2v) is 10.5. The van der Waals surface area contributed by atoms with Crippen LogP contribution in [0.3, 0.4) is 0 Å². The summed E-state index contributed by atoms with van der Waals surface area (Å²) in [6, 6.07) is 2.14. The maximum atomic E-state index is 14.3. The third kappa shape index (κ3) is 4.93. The summed E-state index contributed by atoms with van der Waals surface area (Å²) in [4.78, 5) is 23.2. The van der Waals surface area contributed by atoms with E-state index in [1.807, 2.05) is 24.0 Å². The van der Waals surface area contributed by atoms with E-state index in [9.17, 15) is 9.18 Å². The minimum absolute atomic E-state index is 0.178. The van der Waals surface area contributed by atoms with E-state index < -0.39 is 0 Å². The molecule has 1 unspecified atom stereocenters. The molecule has 1 spiro atoms. The number of carbonyl (C=O) groups is 1. The molecule has 2 aliphatic carbocycles. The molecule has 36 heavy (non-hydrogen) atoms. The van der Waals surface area contributed by atoms with E-state index in [1.165, 1.54) is 19.0 Å². The number of nitrogens with zero attached hydrogens (tertiary/aromatic N) is 4. The summed E-state index contributed by atoms with van der Waals surface area (Å²) in [5.74, 6) is 0.480. The van der Waals surface area contributed by atoms with Gasteiger partial charge in [0.05, 0.1) is 18.9 Å². The van der Waals surface area contributed by atoms with Gasteiger partial charge in [0, 0.05) is 63.4 Å². The van der Waals surface area contributed by atoms with E-state index in [4.69, 9.17) is 9.47 Å². The first-order valence-corrected chi connectivity index (χ1v) is 13.1. The fourth-order valence-electron chi connectivity index (χ4n) is 6.28. The van der Waals surface area contributed by atoms with Gasteiger partial charge >= 0.3 is 6.09 Å². The first kappa shape index (κ1) is 25.0. The quantitative estimate of drug-likeness (QED) is 0.568. The SMILES string of the molecule is C=C1CC=CC(c2cc(F)cnc2N2CCN([C@@H]3CCC4(C3)CN(C(=O)OCC)C4)CC2)=CC1OC. The summed E-state index contributed by atoms with van der Waals surface area (Å²) in [7, 11) is 1.67. The van der Waals surface area contributed by atoms with Crippen molar-refractivity contribution in [1.82, 2.24) is 14.8 Å². The molecule has 8 heteroatoms. The van der Waals surface area contributed by atoms with Gasteiger partial charge in [0.15, 0.2) is 0 Å². The van der Waals surface area contributed by atoms with Gasteiger partial charge in [0.1, 0.15) is 11.6 Å². The number of rotatable bonds is 5. The molecule has 7 nitrogen and oxygen atoms in total. The molecule has 3 heterocycles. The number of carbonyl (C=O) groups excluding carboxylic acids is 1. The molecular formula is C28H37FN4O3. The second kappa shape index (κ2) is 10.3. The number of hydrogen-bond acceptors (Lipinski definition) is 6. The highest BCUT2D eigenvalue weighted by molar-refractivity contribution is 5.82. The third-order valence-electron chi connectivity index (χ3n) is 8.19. The number of amides is 1. The topological polar surface area (TPSA) is 58.1 Å². The van der Waals surface area contributed by atoms with E-state index in [2.05, 4.69) is 27.4 Å². The van der Waals surface area contributed by atoms with Crippen molar-refractivity contribution in [3.05, 3.63) is 54.0 Å². The van der Waals surface area contributed by atoms with Crippen LogP contribution in [0.15, 0.2) is 42.6 Å². The predicted molar refractivity (Wildman–Crippen MR) is 138 cm³/mol. The summed E-state index contributed by atoms with van der Waals surface area (Å²) < 4.78 is 25.1.